The third-order valence-corrected chi connectivity index (χ3v) is 3.76. The number of hydrogen-bond donors (Lipinski definition) is 2. The van der Waals surface area contributed by atoms with E-state index in [9.17, 15) is 4.79 Å². The van der Waals surface area contributed by atoms with E-state index in [0.717, 1.165) is 30.7 Å². The lowest BCUT2D eigenvalue weighted by atomic mass is 10.1. The predicted octanol–water partition coefficient (Wildman–Crippen LogP) is 2.79. The Labute approximate surface area is 119 Å². The second kappa shape index (κ2) is 9.34. The molecule has 18 heavy (non-hydrogen) atoms. The minimum Gasteiger partial charge on any atom is -0.355 e. The zero-order valence-electron chi connectivity index (χ0n) is 10.8. The van der Waals surface area contributed by atoms with Gasteiger partial charge in [0.25, 0.3) is 0 Å². The molecule has 100 valence electrons. The van der Waals surface area contributed by atoms with Gasteiger partial charge in [-0.3, -0.25) is 4.79 Å². The predicted molar refractivity (Wildman–Crippen MR) is 83.5 cm³/mol. The molecule has 4 heteroatoms. The Bertz CT molecular complexity index is 343. The number of amides is 1. The second-order valence-electron chi connectivity index (χ2n) is 4.20. The van der Waals surface area contributed by atoms with Gasteiger partial charge in [0.2, 0.25) is 5.91 Å². The molecule has 0 aliphatic heterocycles. The van der Waals surface area contributed by atoms with Gasteiger partial charge in [-0.1, -0.05) is 30.3 Å². The lowest BCUT2D eigenvalue weighted by molar-refractivity contribution is -0.120. The molecular weight excluding hydrogens is 262 g/mol. The van der Waals surface area contributed by atoms with E-state index in [1.165, 1.54) is 0 Å². The van der Waals surface area contributed by atoms with Crippen LogP contribution in [0, 0.1) is 0 Å². The first-order chi connectivity index (χ1) is 8.74. The number of carbonyl (C=O) groups excluding carboxylic acids is 1. The van der Waals surface area contributed by atoms with E-state index < -0.39 is 0 Å². The van der Waals surface area contributed by atoms with E-state index in [4.69, 9.17) is 0 Å². The highest BCUT2D eigenvalue weighted by Gasteiger charge is 2.13. The van der Waals surface area contributed by atoms with Gasteiger partial charge in [-0.05, 0) is 36.8 Å². The van der Waals surface area contributed by atoms with Crippen LogP contribution in [0.4, 0.5) is 0 Å². The number of hydrogen-bond acceptors (Lipinski definition) is 3. The zero-order chi connectivity index (χ0) is 13.2. The van der Waals surface area contributed by atoms with Crippen molar-refractivity contribution in [3.05, 3.63) is 35.9 Å². The minimum atomic E-state index is -0.257. The van der Waals surface area contributed by atoms with Gasteiger partial charge in [0, 0.05) is 6.54 Å². The lowest BCUT2D eigenvalue weighted by Crippen LogP contribution is -2.33. The van der Waals surface area contributed by atoms with Crippen molar-refractivity contribution in [1.82, 2.24) is 5.32 Å². The standard InChI is InChI=1S/C14H21NOS2/c1-18-10-6-5-9-15-14(16)13(17)11-12-7-3-2-4-8-12/h2-4,7-8,13,17H,5-6,9-11H2,1H3,(H,15,16). The fraction of sp³-hybridized carbons (Fsp3) is 0.500. The van der Waals surface area contributed by atoms with Crippen LogP contribution in [0.3, 0.4) is 0 Å². The summed E-state index contributed by atoms with van der Waals surface area (Å²) in [7, 11) is 0. The van der Waals surface area contributed by atoms with Crippen LogP contribution in [0.5, 0.6) is 0 Å². The molecule has 0 saturated carbocycles. The van der Waals surface area contributed by atoms with Gasteiger partial charge in [-0.2, -0.15) is 24.4 Å². The van der Waals surface area contributed by atoms with Crippen molar-refractivity contribution in [3.63, 3.8) is 0 Å². The van der Waals surface area contributed by atoms with Crippen LogP contribution in [0.2, 0.25) is 0 Å². The first-order valence-corrected chi connectivity index (χ1v) is 8.13. The summed E-state index contributed by atoms with van der Waals surface area (Å²) >= 11 is 6.20. The van der Waals surface area contributed by atoms with Gasteiger partial charge in [0.05, 0.1) is 5.25 Å². The quantitative estimate of drug-likeness (QED) is 0.567. The van der Waals surface area contributed by atoms with Crippen LogP contribution in [-0.4, -0.2) is 29.7 Å². The first-order valence-electron chi connectivity index (χ1n) is 6.22. The summed E-state index contributed by atoms with van der Waals surface area (Å²) in [6, 6.07) is 9.99. The largest absolute Gasteiger partial charge is 0.355 e. The topological polar surface area (TPSA) is 29.1 Å². The van der Waals surface area contributed by atoms with Gasteiger partial charge < -0.3 is 5.32 Å². The Kier molecular flexibility index (Phi) is 8.01. The minimum absolute atomic E-state index is 0.0336. The third kappa shape index (κ3) is 6.36. The van der Waals surface area contributed by atoms with E-state index >= 15 is 0 Å². The normalized spacial score (nSPS) is 12.1. The van der Waals surface area contributed by atoms with E-state index in [1.807, 2.05) is 42.1 Å². The van der Waals surface area contributed by atoms with E-state index in [1.54, 1.807) is 0 Å². The number of carbonyl (C=O) groups is 1. The molecular formula is C14H21NOS2. The summed E-state index contributed by atoms with van der Waals surface area (Å²) in [6.07, 6.45) is 4.97. The highest BCUT2D eigenvalue weighted by atomic mass is 32.2. The molecule has 1 amide bonds. The summed E-state index contributed by atoms with van der Waals surface area (Å²) in [5, 5.41) is 2.68. The van der Waals surface area contributed by atoms with Crippen LogP contribution < -0.4 is 5.32 Å². The number of rotatable bonds is 8. The maximum absolute atomic E-state index is 11.8. The summed E-state index contributed by atoms with van der Waals surface area (Å²) in [5.74, 6) is 1.19. The van der Waals surface area contributed by atoms with Crippen molar-refractivity contribution < 1.29 is 4.79 Å². The number of thiol groups is 1. The number of thioether (sulfide) groups is 1. The maximum atomic E-state index is 11.8. The molecule has 0 spiro atoms. The average Bonchev–Trinajstić information content (AvgIpc) is 2.39. The lowest BCUT2D eigenvalue weighted by Gasteiger charge is -2.11. The van der Waals surface area contributed by atoms with Crippen molar-refractivity contribution in [2.45, 2.75) is 24.5 Å². The average molecular weight is 283 g/mol. The van der Waals surface area contributed by atoms with Crippen molar-refractivity contribution in [3.8, 4) is 0 Å². The Morgan fingerprint density at radius 1 is 1.33 bits per heavy atom. The van der Waals surface area contributed by atoms with Crippen molar-refractivity contribution >= 4 is 30.3 Å². The monoisotopic (exact) mass is 283 g/mol. The van der Waals surface area contributed by atoms with Crippen LogP contribution in [-0.2, 0) is 11.2 Å². The van der Waals surface area contributed by atoms with Gasteiger partial charge in [0.15, 0.2) is 0 Å². The summed E-state index contributed by atoms with van der Waals surface area (Å²) in [4.78, 5) is 11.8. The smallest absolute Gasteiger partial charge is 0.233 e. The molecule has 1 rings (SSSR count). The molecule has 1 N–H and O–H groups in total. The molecule has 2 nitrogen and oxygen atoms in total. The summed E-state index contributed by atoms with van der Waals surface area (Å²) < 4.78 is 0. The van der Waals surface area contributed by atoms with E-state index in [2.05, 4.69) is 24.2 Å². The van der Waals surface area contributed by atoms with E-state index in [0.29, 0.717) is 6.42 Å². The SMILES string of the molecule is CSCCCCNC(=O)C(S)Cc1ccccc1. The molecule has 0 aliphatic carbocycles. The molecule has 1 aromatic carbocycles. The second-order valence-corrected chi connectivity index (χ2v) is 5.81. The molecule has 0 heterocycles. The van der Waals surface area contributed by atoms with Crippen LogP contribution in [0.1, 0.15) is 18.4 Å². The van der Waals surface area contributed by atoms with Crippen molar-refractivity contribution in [2.75, 3.05) is 18.6 Å². The molecule has 0 aliphatic rings. The number of nitrogens with one attached hydrogen (secondary N) is 1. The molecule has 1 atom stereocenters. The van der Waals surface area contributed by atoms with Gasteiger partial charge in [0.1, 0.15) is 0 Å². The summed E-state index contributed by atoms with van der Waals surface area (Å²) in [5.41, 5.74) is 1.15. The van der Waals surface area contributed by atoms with E-state index in [-0.39, 0.29) is 11.2 Å². The van der Waals surface area contributed by atoms with Crippen LogP contribution in [0.15, 0.2) is 30.3 Å². The fourth-order valence-corrected chi connectivity index (χ4v) is 2.43. The molecule has 0 bridgehead atoms. The highest BCUT2D eigenvalue weighted by Crippen LogP contribution is 2.07. The third-order valence-electron chi connectivity index (χ3n) is 2.65. The van der Waals surface area contributed by atoms with Gasteiger partial charge in [-0.25, -0.2) is 0 Å². The van der Waals surface area contributed by atoms with Gasteiger partial charge >= 0.3 is 0 Å². The molecule has 0 saturated heterocycles. The Hall–Kier alpha value is -0.610. The molecule has 0 aromatic heterocycles. The summed E-state index contributed by atoms with van der Waals surface area (Å²) in [6.45, 7) is 0.755. The van der Waals surface area contributed by atoms with Crippen LogP contribution in [0.25, 0.3) is 0 Å². The zero-order valence-corrected chi connectivity index (χ0v) is 12.5. The Balaban J connectivity index is 2.21. The van der Waals surface area contributed by atoms with Crippen molar-refractivity contribution in [2.24, 2.45) is 0 Å². The molecule has 1 unspecified atom stereocenters. The van der Waals surface area contributed by atoms with Gasteiger partial charge in [-0.15, -0.1) is 0 Å². The molecule has 0 fully saturated rings. The maximum Gasteiger partial charge on any atom is 0.233 e. The Morgan fingerprint density at radius 2 is 2.06 bits per heavy atom. The molecule has 1 aromatic rings. The number of unbranched alkanes of at least 4 members (excludes halogenated alkanes) is 1. The first kappa shape index (κ1) is 15.4. The Morgan fingerprint density at radius 3 is 2.72 bits per heavy atom. The highest BCUT2D eigenvalue weighted by molar-refractivity contribution is 7.98. The molecule has 0 radical (unpaired) electrons. The van der Waals surface area contributed by atoms with Crippen LogP contribution >= 0.6 is 24.4 Å². The fourth-order valence-electron chi connectivity index (χ4n) is 1.63. The number of benzene rings is 1. The van der Waals surface area contributed by atoms with Crippen molar-refractivity contribution in [1.29, 1.82) is 0 Å².